The third-order valence-corrected chi connectivity index (χ3v) is 7.96. The van der Waals surface area contributed by atoms with E-state index in [2.05, 4.69) is 35.6 Å². The summed E-state index contributed by atoms with van der Waals surface area (Å²) in [5.41, 5.74) is 3.30. The van der Waals surface area contributed by atoms with Crippen LogP contribution in [0.3, 0.4) is 0 Å². The van der Waals surface area contributed by atoms with Crippen molar-refractivity contribution < 1.29 is 22.2 Å². The molecule has 0 spiro atoms. The predicted molar refractivity (Wildman–Crippen MR) is 149 cm³/mol. The monoisotopic (exact) mass is 550 g/mol. The van der Waals surface area contributed by atoms with E-state index in [9.17, 15) is 13.2 Å². The van der Waals surface area contributed by atoms with Gasteiger partial charge in [-0.3, -0.25) is 9.52 Å². The van der Waals surface area contributed by atoms with Crippen molar-refractivity contribution in [2.75, 3.05) is 11.8 Å². The molecule has 2 aromatic carbocycles. The van der Waals surface area contributed by atoms with Gasteiger partial charge in [0.25, 0.3) is 10.0 Å². The molecule has 9 nitrogen and oxygen atoms in total. The Hall–Kier alpha value is -3.92. The normalized spacial score (nSPS) is 11.9. The first-order valence-electron chi connectivity index (χ1n) is 12.7. The molecule has 1 N–H and O–H groups in total. The molecule has 0 bridgehead atoms. The number of carbonyl (C=O) groups is 1. The van der Waals surface area contributed by atoms with Crippen LogP contribution in [0.2, 0.25) is 0 Å². The van der Waals surface area contributed by atoms with Gasteiger partial charge in [0, 0.05) is 36.7 Å². The van der Waals surface area contributed by atoms with Crippen LogP contribution in [0.4, 0.5) is 5.82 Å². The lowest BCUT2D eigenvalue weighted by Gasteiger charge is -2.23. The standard InChI is InChI=1S/C29H34N4O5S/c1-19-20(2)38-31-27(19)32-39(35,36)25-10-8-7-9-24(25)23-12-11-21(28-30-15-16-37-28)17-22(23)18-33(6)26(34)13-14-29(3,4)5/h7-12,15-17H,13-14,18H2,1-6H3,(H,31,32). The molecule has 2 heterocycles. The van der Waals surface area contributed by atoms with Gasteiger partial charge in [-0.1, -0.05) is 50.2 Å². The zero-order chi connectivity index (χ0) is 28.4. The van der Waals surface area contributed by atoms with Gasteiger partial charge in [0.15, 0.2) is 5.82 Å². The number of aryl methyl sites for hydroxylation is 1. The summed E-state index contributed by atoms with van der Waals surface area (Å²) in [6.07, 6.45) is 4.23. The first kappa shape index (κ1) is 28.1. The number of hydrogen-bond donors (Lipinski definition) is 1. The molecule has 0 unspecified atom stereocenters. The molecule has 0 fully saturated rings. The number of hydrogen-bond acceptors (Lipinski definition) is 7. The second kappa shape index (κ2) is 11.1. The topological polar surface area (TPSA) is 119 Å². The van der Waals surface area contributed by atoms with Crippen molar-refractivity contribution in [2.45, 2.75) is 58.9 Å². The average Bonchev–Trinajstić information content (AvgIpc) is 3.53. The van der Waals surface area contributed by atoms with Gasteiger partial charge in [0.1, 0.15) is 12.0 Å². The van der Waals surface area contributed by atoms with Gasteiger partial charge in [-0.05, 0) is 55.0 Å². The van der Waals surface area contributed by atoms with Crippen LogP contribution >= 0.6 is 0 Å². The van der Waals surface area contributed by atoms with Crippen LogP contribution in [0.25, 0.3) is 22.6 Å². The zero-order valence-electron chi connectivity index (χ0n) is 23.1. The summed E-state index contributed by atoms with van der Waals surface area (Å²) in [5, 5.41) is 3.85. The number of anilines is 1. The molecule has 10 heteroatoms. The molecule has 0 saturated carbocycles. The Balaban J connectivity index is 1.75. The highest BCUT2D eigenvalue weighted by molar-refractivity contribution is 7.92. The van der Waals surface area contributed by atoms with E-state index in [1.54, 1.807) is 56.3 Å². The molecule has 206 valence electrons. The minimum atomic E-state index is -4.03. The molecule has 2 aromatic heterocycles. The van der Waals surface area contributed by atoms with Crippen molar-refractivity contribution >= 4 is 21.7 Å². The maximum atomic E-state index is 13.5. The summed E-state index contributed by atoms with van der Waals surface area (Å²) in [7, 11) is -2.27. The van der Waals surface area contributed by atoms with Crippen molar-refractivity contribution in [3.8, 4) is 22.6 Å². The Bertz CT molecular complexity index is 1570. The summed E-state index contributed by atoms with van der Waals surface area (Å²) in [4.78, 5) is 19.0. The minimum Gasteiger partial charge on any atom is -0.445 e. The summed E-state index contributed by atoms with van der Waals surface area (Å²) < 4.78 is 40.3. The number of benzene rings is 2. The highest BCUT2D eigenvalue weighted by atomic mass is 32.2. The summed E-state index contributed by atoms with van der Waals surface area (Å²) >= 11 is 0. The second-order valence-corrected chi connectivity index (χ2v) is 12.5. The Labute approximate surface area is 229 Å². The van der Waals surface area contributed by atoms with Crippen LogP contribution in [0, 0.1) is 19.3 Å². The highest BCUT2D eigenvalue weighted by Gasteiger charge is 2.25. The van der Waals surface area contributed by atoms with Crippen molar-refractivity contribution in [3.63, 3.8) is 0 Å². The number of rotatable bonds is 9. The Morgan fingerprint density at radius 2 is 1.82 bits per heavy atom. The lowest BCUT2D eigenvalue weighted by Crippen LogP contribution is -2.27. The van der Waals surface area contributed by atoms with Crippen LogP contribution < -0.4 is 4.72 Å². The second-order valence-electron chi connectivity index (χ2n) is 10.8. The van der Waals surface area contributed by atoms with Crippen molar-refractivity contribution in [1.82, 2.24) is 15.0 Å². The lowest BCUT2D eigenvalue weighted by atomic mass is 9.90. The molecule has 4 aromatic rings. The van der Waals surface area contributed by atoms with E-state index < -0.39 is 10.0 Å². The van der Waals surface area contributed by atoms with Gasteiger partial charge in [-0.25, -0.2) is 13.4 Å². The molecular formula is C29H34N4O5S. The fourth-order valence-corrected chi connectivity index (χ4v) is 5.40. The number of carbonyl (C=O) groups excluding carboxylic acids is 1. The van der Waals surface area contributed by atoms with E-state index in [4.69, 9.17) is 8.94 Å². The highest BCUT2D eigenvalue weighted by Crippen LogP contribution is 2.34. The number of sulfonamides is 1. The molecule has 39 heavy (non-hydrogen) atoms. The van der Waals surface area contributed by atoms with E-state index in [1.807, 2.05) is 18.2 Å². The molecule has 0 aliphatic carbocycles. The first-order chi connectivity index (χ1) is 18.4. The van der Waals surface area contributed by atoms with Gasteiger partial charge in [0.2, 0.25) is 11.8 Å². The van der Waals surface area contributed by atoms with E-state index in [0.717, 1.165) is 17.5 Å². The third kappa shape index (κ3) is 6.57. The van der Waals surface area contributed by atoms with Gasteiger partial charge >= 0.3 is 0 Å². The van der Waals surface area contributed by atoms with Gasteiger partial charge in [0.05, 0.1) is 11.1 Å². The molecule has 0 aliphatic heterocycles. The Kier molecular flexibility index (Phi) is 7.96. The van der Waals surface area contributed by atoms with Crippen LogP contribution in [-0.2, 0) is 21.4 Å². The van der Waals surface area contributed by atoms with Gasteiger partial charge in [-0.2, -0.15) is 0 Å². The number of amides is 1. The fourth-order valence-electron chi connectivity index (χ4n) is 4.12. The van der Waals surface area contributed by atoms with Crippen LogP contribution in [0.15, 0.2) is 68.8 Å². The number of aromatic nitrogens is 2. The molecular weight excluding hydrogens is 516 g/mol. The number of nitrogens with one attached hydrogen (secondary N) is 1. The number of nitrogens with zero attached hydrogens (tertiary/aromatic N) is 3. The first-order valence-corrected chi connectivity index (χ1v) is 14.2. The maximum absolute atomic E-state index is 13.5. The molecule has 0 saturated heterocycles. The summed E-state index contributed by atoms with van der Waals surface area (Å²) in [5.74, 6) is 1.12. The van der Waals surface area contributed by atoms with Crippen LogP contribution in [-0.4, -0.2) is 36.4 Å². The minimum absolute atomic E-state index is 0.0110. The van der Waals surface area contributed by atoms with E-state index in [0.29, 0.717) is 34.8 Å². The molecule has 0 radical (unpaired) electrons. The molecule has 0 aliphatic rings. The van der Waals surface area contributed by atoms with E-state index in [-0.39, 0.29) is 28.6 Å². The lowest BCUT2D eigenvalue weighted by molar-refractivity contribution is -0.130. The smallest absolute Gasteiger partial charge is 0.263 e. The third-order valence-electron chi connectivity index (χ3n) is 6.56. The van der Waals surface area contributed by atoms with Crippen LogP contribution in [0.5, 0.6) is 0 Å². The fraction of sp³-hybridized carbons (Fsp3) is 0.345. The predicted octanol–water partition coefficient (Wildman–Crippen LogP) is 6.20. The SMILES string of the molecule is Cc1onc(NS(=O)(=O)c2ccccc2-c2ccc(-c3ncco3)cc2CN(C)C(=O)CCC(C)(C)C)c1C. The van der Waals surface area contributed by atoms with Gasteiger partial charge < -0.3 is 13.8 Å². The summed E-state index contributed by atoms with van der Waals surface area (Å²) in [6, 6.07) is 12.3. The molecule has 4 rings (SSSR count). The largest absolute Gasteiger partial charge is 0.445 e. The molecule has 1 amide bonds. The van der Waals surface area contributed by atoms with E-state index in [1.165, 1.54) is 6.26 Å². The van der Waals surface area contributed by atoms with Crippen molar-refractivity contribution in [2.24, 2.45) is 5.41 Å². The van der Waals surface area contributed by atoms with Crippen molar-refractivity contribution in [3.05, 3.63) is 71.8 Å². The average molecular weight is 551 g/mol. The Morgan fingerprint density at radius 3 is 2.46 bits per heavy atom. The van der Waals surface area contributed by atoms with Gasteiger partial charge in [-0.15, -0.1) is 0 Å². The van der Waals surface area contributed by atoms with Crippen molar-refractivity contribution in [1.29, 1.82) is 0 Å². The Morgan fingerprint density at radius 1 is 1.08 bits per heavy atom. The zero-order valence-corrected chi connectivity index (χ0v) is 23.9. The molecule has 0 atom stereocenters. The van der Waals surface area contributed by atoms with Crippen LogP contribution in [0.1, 0.15) is 50.5 Å². The van der Waals surface area contributed by atoms with E-state index >= 15 is 0 Å². The number of oxazole rings is 1. The maximum Gasteiger partial charge on any atom is 0.263 e. The summed E-state index contributed by atoms with van der Waals surface area (Å²) in [6.45, 7) is 10.0. The quantitative estimate of drug-likeness (QED) is 0.264.